The lowest BCUT2D eigenvalue weighted by atomic mass is 9.94. The zero-order valence-corrected chi connectivity index (χ0v) is 15.3. The number of piperidine rings is 1. The number of benzene rings is 1. The van der Waals surface area contributed by atoms with Crippen LogP contribution in [-0.4, -0.2) is 46.4 Å². The van der Waals surface area contributed by atoms with Crippen LogP contribution in [0, 0.1) is 5.92 Å². The molecule has 2 bridgehead atoms. The molecule has 1 aromatic heterocycles. The molecule has 6 heteroatoms. The molecule has 3 aliphatic rings. The van der Waals surface area contributed by atoms with Crippen molar-refractivity contribution in [2.75, 3.05) is 19.6 Å². The number of hydrogen-bond donors (Lipinski definition) is 1. The standard InChI is InChI=1S/C20H22ClN3O2/c21-16-8-18(19(25)22-9-16)20(26)24-12-15-6-7-17(13-24)23(11-15)10-14-4-2-1-3-5-14/h1-5,8-9,15,17H,6-7,10-13H2,(H,22,25)/t15-,17-/m0/s1. The predicted molar refractivity (Wildman–Crippen MR) is 101 cm³/mol. The summed E-state index contributed by atoms with van der Waals surface area (Å²) in [6, 6.07) is 12.2. The third-order valence-corrected chi connectivity index (χ3v) is 5.66. The van der Waals surface area contributed by atoms with Gasteiger partial charge in [0.1, 0.15) is 5.56 Å². The Labute approximate surface area is 157 Å². The number of H-pyrrole nitrogens is 1. The fraction of sp³-hybridized carbons (Fsp3) is 0.400. The fourth-order valence-electron chi connectivity index (χ4n) is 4.14. The summed E-state index contributed by atoms with van der Waals surface area (Å²) < 4.78 is 0. The lowest BCUT2D eigenvalue weighted by Crippen LogP contribution is -2.44. The monoisotopic (exact) mass is 371 g/mol. The van der Waals surface area contributed by atoms with E-state index in [1.54, 1.807) is 0 Å². The second-order valence-corrected chi connectivity index (χ2v) is 7.72. The zero-order chi connectivity index (χ0) is 18.1. The van der Waals surface area contributed by atoms with E-state index in [1.807, 2.05) is 11.0 Å². The van der Waals surface area contributed by atoms with Crippen molar-refractivity contribution in [3.05, 3.63) is 69.1 Å². The van der Waals surface area contributed by atoms with E-state index in [0.29, 0.717) is 30.1 Å². The zero-order valence-electron chi connectivity index (χ0n) is 14.5. The van der Waals surface area contributed by atoms with Gasteiger partial charge in [-0.3, -0.25) is 14.5 Å². The van der Waals surface area contributed by atoms with E-state index in [4.69, 9.17) is 11.6 Å². The number of carbonyl (C=O) groups is 1. The Hall–Kier alpha value is -2.11. The molecule has 136 valence electrons. The Kier molecular flexibility index (Phi) is 4.83. The minimum absolute atomic E-state index is 0.133. The van der Waals surface area contributed by atoms with Gasteiger partial charge in [0, 0.05) is 38.4 Å². The van der Waals surface area contributed by atoms with Crippen LogP contribution in [0.4, 0.5) is 0 Å². The second-order valence-electron chi connectivity index (χ2n) is 7.28. The number of nitrogens with zero attached hydrogens (tertiary/aromatic N) is 2. The second kappa shape index (κ2) is 7.25. The summed E-state index contributed by atoms with van der Waals surface area (Å²) in [4.78, 5) is 31.9. The summed E-state index contributed by atoms with van der Waals surface area (Å²) in [7, 11) is 0. The van der Waals surface area contributed by atoms with Gasteiger partial charge in [-0.2, -0.15) is 0 Å². The van der Waals surface area contributed by atoms with E-state index in [9.17, 15) is 9.59 Å². The molecule has 3 aliphatic heterocycles. The Morgan fingerprint density at radius 2 is 1.96 bits per heavy atom. The summed E-state index contributed by atoms with van der Waals surface area (Å²) in [6.07, 6.45) is 3.63. The number of nitrogens with one attached hydrogen (secondary N) is 1. The summed E-state index contributed by atoms with van der Waals surface area (Å²) >= 11 is 5.97. The SMILES string of the molecule is O=C(c1cc(Cl)c[nH]c1=O)N1C[C@H]2CC[C@@H](C1)N(Cc1ccccc1)C2. The minimum Gasteiger partial charge on any atom is -0.337 e. The van der Waals surface area contributed by atoms with Crippen LogP contribution in [0.25, 0.3) is 0 Å². The van der Waals surface area contributed by atoms with Crippen LogP contribution in [0.3, 0.4) is 0 Å². The maximum absolute atomic E-state index is 12.9. The van der Waals surface area contributed by atoms with Crippen molar-refractivity contribution in [3.8, 4) is 0 Å². The maximum Gasteiger partial charge on any atom is 0.260 e. The summed E-state index contributed by atoms with van der Waals surface area (Å²) in [6.45, 7) is 3.26. The quantitative estimate of drug-likeness (QED) is 0.902. The van der Waals surface area contributed by atoms with Crippen LogP contribution >= 0.6 is 11.6 Å². The number of halogens is 1. The van der Waals surface area contributed by atoms with Gasteiger partial charge in [0.25, 0.3) is 11.5 Å². The molecule has 3 saturated heterocycles. The third kappa shape index (κ3) is 3.55. The van der Waals surface area contributed by atoms with Gasteiger partial charge in [-0.05, 0) is 30.4 Å². The fourth-order valence-corrected chi connectivity index (χ4v) is 4.31. The largest absolute Gasteiger partial charge is 0.337 e. The lowest BCUT2D eigenvalue weighted by Gasteiger charge is -2.36. The first-order valence-corrected chi connectivity index (χ1v) is 9.43. The van der Waals surface area contributed by atoms with Crippen molar-refractivity contribution in [1.29, 1.82) is 0 Å². The normalized spacial score (nSPS) is 23.0. The predicted octanol–water partition coefficient (Wildman–Crippen LogP) is 2.76. The molecule has 5 rings (SSSR count). The number of pyridine rings is 1. The van der Waals surface area contributed by atoms with Crippen LogP contribution in [0.2, 0.25) is 5.02 Å². The van der Waals surface area contributed by atoms with Crippen LogP contribution in [0.1, 0.15) is 28.8 Å². The molecule has 0 aliphatic carbocycles. The molecule has 1 amide bonds. The van der Waals surface area contributed by atoms with Crippen LogP contribution in [0.5, 0.6) is 0 Å². The highest BCUT2D eigenvalue weighted by molar-refractivity contribution is 6.30. The molecule has 0 saturated carbocycles. The molecule has 5 nitrogen and oxygen atoms in total. The van der Waals surface area contributed by atoms with Gasteiger partial charge in [-0.1, -0.05) is 41.9 Å². The average molecular weight is 372 g/mol. The first-order chi connectivity index (χ1) is 12.6. The Bertz CT molecular complexity index is 852. The van der Waals surface area contributed by atoms with Crippen molar-refractivity contribution in [2.45, 2.75) is 25.4 Å². The van der Waals surface area contributed by atoms with Gasteiger partial charge >= 0.3 is 0 Å². The van der Waals surface area contributed by atoms with Crippen LogP contribution in [-0.2, 0) is 6.54 Å². The molecule has 2 aromatic rings. The number of hydrogen-bond acceptors (Lipinski definition) is 3. The van der Waals surface area contributed by atoms with Crippen molar-refractivity contribution >= 4 is 17.5 Å². The Morgan fingerprint density at radius 1 is 1.15 bits per heavy atom. The molecule has 0 unspecified atom stereocenters. The van der Waals surface area contributed by atoms with Gasteiger partial charge < -0.3 is 9.88 Å². The smallest absolute Gasteiger partial charge is 0.260 e. The molecule has 1 aromatic carbocycles. The molecule has 1 N–H and O–H groups in total. The van der Waals surface area contributed by atoms with Crippen molar-refractivity contribution in [1.82, 2.24) is 14.8 Å². The van der Waals surface area contributed by atoms with E-state index in [0.717, 1.165) is 25.9 Å². The molecule has 2 atom stereocenters. The van der Waals surface area contributed by atoms with Crippen LogP contribution < -0.4 is 5.56 Å². The number of carbonyl (C=O) groups excluding carboxylic acids is 1. The van der Waals surface area contributed by atoms with E-state index < -0.39 is 0 Å². The van der Waals surface area contributed by atoms with E-state index in [1.165, 1.54) is 17.8 Å². The van der Waals surface area contributed by atoms with Gasteiger partial charge in [0.15, 0.2) is 0 Å². The number of amides is 1. The van der Waals surface area contributed by atoms with Gasteiger partial charge in [0.05, 0.1) is 5.02 Å². The van der Waals surface area contributed by atoms with E-state index >= 15 is 0 Å². The average Bonchev–Trinajstić information content (AvgIpc) is 2.96. The highest BCUT2D eigenvalue weighted by Crippen LogP contribution is 2.29. The Morgan fingerprint density at radius 3 is 2.77 bits per heavy atom. The topological polar surface area (TPSA) is 56.4 Å². The number of aromatic amines is 1. The highest BCUT2D eigenvalue weighted by atomic mass is 35.5. The summed E-state index contributed by atoms with van der Waals surface area (Å²) in [5, 5.41) is 0.372. The number of rotatable bonds is 3. The number of fused-ring (bicyclic) bond motifs is 4. The minimum atomic E-state index is -0.378. The van der Waals surface area contributed by atoms with Gasteiger partial charge in [-0.25, -0.2) is 0 Å². The van der Waals surface area contributed by atoms with Gasteiger partial charge in [-0.15, -0.1) is 0 Å². The van der Waals surface area contributed by atoms with Crippen molar-refractivity contribution in [2.24, 2.45) is 5.92 Å². The third-order valence-electron chi connectivity index (χ3n) is 5.44. The first-order valence-electron chi connectivity index (χ1n) is 9.05. The lowest BCUT2D eigenvalue weighted by molar-refractivity contribution is 0.0734. The highest BCUT2D eigenvalue weighted by Gasteiger charge is 2.37. The van der Waals surface area contributed by atoms with Crippen molar-refractivity contribution in [3.63, 3.8) is 0 Å². The Balaban J connectivity index is 1.53. The molecule has 3 fully saturated rings. The van der Waals surface area contributed by atoms with Crippen LogP contribution in [0.15, 0.2) is 47.4 Å². The summed E-state index contributed by atoms with van der Waals surface area (Å²) in [5.74, 6) is 0.229. The van der Waals surface area contributed by atoms with Crippen molar-refractivity contribution < 1.29 is 4.79 Å². The first kappa shape index (κ1) is 17.3. The molecule has 26 heavy (non-hydrogen) atoms. The van der Waals surface area contributed by atoms with Gasteiger partial charge in [0.2, 0.25) is 0 Å². The summed E-state index contributed by atoms with van der Waals surface area (Å²) in [5.41, 5.74) is 1.05. The molecule has 4 heterocycles. The molecule has 0 spiro atoms. The molecule has 0 radical (unpaired) electrons. The molecular formula is C20H22ClN3O2. The number of aromatic nitrogens is 1. The van der Waals surface area contributed by atoms with E-state index in [-0.39, 0.29) is 17.0 Å². The van der Waals surface area contributed by atoms with E-state index in [2.05, 4.69) is 34.1 Å². The molecular weight excluding hydrogens is 350 g/mol. The maximum atomic E-state index is 12.9.